The topological polar surface area (TPSA) is 83.7 Å². The monoisotopic (exact) mass is 477 g/mol. The summed E-state index contributed by atoms with van der Waals surface area (Å²) in [6.45, 7) is 2.30. The molecule has 7 nitrogen and oxygen atoms in total. The second-order valence-corrected chi connectivity index (χ2v) is 9.87. The first kappa shape index (κ1) is 22.4. The highest BCUT2D eigenvalue weighted by molar-refractivity contribution is 7.88. The van der Waals surface area contributed by atoms with E-state index in [2.05, 4.69) is 5.16 Å². The summed E-state index contributed by atoms with van der Waals surface area (Å²) in [5, 5.41) is 3.99. The van der Waals surface area contributed by atoms with Gasteiger partial charge in [-0.2, -0.15) is 4.31 Å². The first-order chi connectivity index (χ1) is 15.3. The Morgan fingerprint density at radius 2 is 1.78 bits per heavy atom. The van der Waals surface area contributed by atoms with Gasteiger partial charge in [0, 0.05) is 26.2 Å². The van der Waals surface area contributed by atoms with Gasteiger partial charge in [-0.05, 0) is 24.6 Å². The molecule has 0 N–H and O–H groups in total. The number of nitrogens with zero attached hydrogens (tertiary/aromatic N) is 3. The number of carbonyl (C=O) groups excluding carboxylic acids is 1. The number of piperazine rings is 1. The molecule has 0 unspecified atom stereocenters. The molecule has 0 saturated carbocycles. The Bertz CT molecular complexity index is 1220. The summed E-state index contributed by atoms with van der Waals surface area (Å²) in [6, 6.07) is 13.2. The zero-order chi connectivity index (χ0) is 22.9. The molecule has 4 rings (SSSR count). The number of benzene rings is 2. The molecule has 0 radical (unpaired) electrons. The number of sulfonamides is 1. The molecule has 3 aromatic rings. The molecule has 0 aliphatic carbocycles. The third-order valence-electron chi connectivity index (χ3n) is 5.39. The van der Waals surface area contributed by atoms with Crippen LogP contribution in [0.15, 0.2) is 53.1 Å². The Kier molecular flexibility index (Phi) is 6.32. The van der Waals surface area contributed by atoms with Crippen LogP contribution in [0.3, 0.4) is 0 Å². The average molecular weight is 478 g/mol. The van der Waals surface area contributed by atoms with Gasteiger partial charge in [-0.3, -0.25) is 4.79 Å². The number of aromatic nitrogens is 1. The number of hydrogen-bond donors (Lipinski definition) is 0. The van der Waals surface area contributed by atoms with Crippen LogP contribution in [0.4, 0.5) is 4.39 Å². The molecule has 1 amide bonds. The Balaban J connectivity index is 1.51. The molecule has 1 aromatic heterocycles. The van der Waals surface area contributed by atoms with E-state index in [9.17, 15) is 17.6 Å². The zero-order valence-electron chi connectivity index (χ0n) is 17.3. The number of rotatable bonds is 5. The van der Waals surface area contributed by atoms with E-state index in [4.69, 9.17) is 16.1 Å². The van der Waals surface area contributed by atoms with Gasteiger partial charge in [-0.25, -0.2) is 12.8 Å². The molecule has 2 heterocycles. The minimum atomic E-state index is -3.51. The standard InChI is InChI=1S/C22H21ClFN3O4S/c1-15-19(21(25-31-15)20-17(23)8-5-9-18(20)24)22(28)26-10-12-27(13-11-26)32(29,30)14-16-6-3-2-4-7-16/h2-9H,10-14H2,1H3. The molecule has 1 fully saturated rings. The van der Waals surface area contributed by atoms with Crippen molar-refractivity contribution in [2.45, 2.75) is 12.7 Å². The number of aryl methyl sites for hydroxylation is 1. The molecule has 2 aromatic carbocycles. The van der Waals surface area contributed by atoms with Crippen molar-refractivity contribution < 1.29 is 22.1 Å². The fourth-order valence-corrected chi connectivity index (χ4v) is 5.49. The summed E-state index contributed by atoms with van der Waals surface area (Å²) >= 11 is 6.15. The van der Waals surface area contributed by atoms with Crippen LogP contribution in [-0.4, -0.2) is 54.9 Å². The van der Waals surface area contributed by atoms with Crippen LogP contribution in [0.5, 0.6) is 0 Å². The first-order valence-corrected chi connectivity index (χ1v) is 12.0. The summed E-state index contributed by atoms with van der Waals surface area (Å²) in [5.41, 5.74) is 0.864. The number of carbonyl (C=O) groups is 1. The zero-order valence-corrected chi connectivity index (χ0v) is 18.9. The summed E-state index contributed by atoms with van der Waals surface area (Å²) in [4.78, 5) is 14.8. The van der Waals surface area contributed by atoms with Crippen LogP contribution in [0, 0.1) is 12.7 Å². The summed E-state index contributed by atoms with van der Waals surface area (Å²) in [5.74, 6) is -0.874. The van der Waals surface area contributed by atoms with Crippen LogP contribution < -0.4 is 0 Å². The van der Waals surface area contributed by atoms with Gasteiger partial charge in [0.2, 0.25) is 10.0 Å². The summed E-state index contributed by atoms with van der Waals surface area (Å²) in [6.07, 6.45) is 0. The smallest absolute Gasteiger partial charge is 0.259 e. The fraction of sp³-hybridized carbons (Fsp3) is 0.273. The van der Waals surface area contributed by atoms with Crippen LogP contribution in [0.2, 0.25) is 5.02 Å². The lowest BCUT2D eigenvalue weighted by molar-refractivity contribution is 0.0696. The number of amides is 1. The van der Waals surface area contributed by atoms with Crippen LogP contribution >= 0.6 is 11.6 Å². The van der Waals surface area contributed by atoms with Crippen molar-refractivity contribution in [1.82, 2.24) is 14.4 Å². The maximum atomic E-state index is 14.4. The molecule has 1 aliphatic heterocycles. The van der Waals surface area contributed by atoms with Gasteiger partial charge < -0.3 is 9.42 Å². The van der Waals surface area contributed by atoms with E-state index in [0.717, 1.165) is 0 Å². The SMILES string of the molecule is Cc1onc(-c2c(F)cccc2Cl)c1C(=O)N1CCN(S(=O)(=O)Cc2ccccc2)CC1. The predicted octanol–water partition coefficient (Wildman–Crippen LogP) is 3.73. The minimum absolute atomic E-state index is 0.00144. The quantitative estimate of drug-likeness (QED) is 0.559. The van der Waals surface area contributed by atoms with E-state index in [-0.39, 0.29) is 59.5 Å². The molecular formula is C22H21ClFN3O4S. The minimum Gasteiger partial charge on any atom is -0.360 e. The van der Waals surface area contributed by atoms with E-state index in [0.29, 0.717) is 5.56 Å². The van der Waals surface area contributed by atoms with Crippen molar-refractivity contribution in [1.29, 1.82) is 0 Å². The van der Waals surface area contributed by atoms with Crippen molar-refractivity contribution in [2.75, 3.05) is 26.2 Å². The second kappa shape index (κ2) is 9.01. The van der Waals surface area contributed by atoms with Crippen molar-refractivity contribution in [3.63, 3.8) is 0 Å². The Morgan fingerprint density at radius 3 is 2.44 bits per heavy atom. The lowest BCUT2D eigenvalue weighted by Crippen LogP contribution is -2.50. The van der Waals surface area contributed by atoms with Gasteiger partial charge in [-0.15, -0.1) is 0 Å². The lowest BCUT2D eigenvalue weighted by Gasteiger charge is -2.34. The molecule has 10 heteroatoms. The Labute approximate surface area is 190 Å². The molecule has 1 aliphatic rings. The molecule has 0 atom stereocenters. The average Bonchev–Trinajstić information content (AvgIpc) is 3.14. The Morgan fingerprint density at radius 1 is 1.09 bits per heavy atom. The van der Waals surface area contributed by atoms with Crippen LogP contribution in [0.25, 0.3) is 11.3 Å². The van der Waals surface area contributed by atoms with Crippen molar-refractivity contribution in [3.8, 4) is 11.3 Å². The van der Waals surface area contributed by atoms with Crippen LogP contribution in [-0.2, 0) is 15.8 Å². The molecule has 0 spiro atoms. The largest absolute Gasteiger partial charge is 0.360 e. The van der Waals surface area contributed by atoms with Crippen molar-refractivity contribution in [3.05, 3.63) is 76.3 Å². The van der Waals surface area contributed by atoms with Gasteiger partial charge in [-0.1, -0.05) is 53.2 Å². The van der Waals surface area contributed by atoms with E-state index in [1.807, 2.05) is 6.07 Å². The highest BCUT2D eigenvalue weighted by atomic mass is 35.5. The maximum Gasteiger partial charge on any atom is 0.259 e. The van der Waals surface area contributed by atoms with Gasteiger partial charge in [0.05, 0.1) is 16.3 Å². The van der Waals surface area contributed by atoms with Crippen molar-refractivity contribution >= 4 is 27.5 Å². The first-order valence-electron chi connectivity index (χ1n) is 9.99. The predicted molar refractivity (Wildman–Crippen MR) is 118 cm³/mol. The molecule has 0 bridgehead atoms. The lowest BCUT2D eigenvalue weighted by atomic mass is 10.0. The van der Waals surface area contributed by atoms with Crippen molar-refractivity contribution in [2.24, 2.45) is 0 Å². The molecule has 168 valence electrons. The number of hydrogen-bond acceptors (Lipinski definition) is 5. The third kappa shape index (κ3) is 4.41. The normalized spacial score (nSPS) is 15.2. The maximum absolute atomic E-state index is 14.4. The fourth-order valence-electron chi connectivity index (χ4n) is 3.72. The third-order valence-corrected chi connectivity index (χ3v) is 7.55. The Hall–Kier alpha value is -2.75. The summed E-state index contributed by atoms with van der Waals surface area (Å²) in [7, 11) is -3.51. The van der Waals surface area contributed by atoms with Gasteiger partial charge in [0.15, 0.2) is 0 Å². The van der Waals surface area contributed by atoms with Crippen LogP contribution in [0.1, 0.15) is 21.7 Å². The highest BCUT2D eigenvalue weighted by Crippen LogP contribution is 2.34. The van der Waals surface area contributed by atoms with E-state index in [1.165, 1.54) is 27.4 Å². The highest BCUT2D eigenvalue weighted by Gasteiger charge is 2.33. The van der Waals surface area contributed by atoms with E-state index < -0.39 is 21.7 Å². The van der Waals surface area contributed by atoms with Gasteiger partial charge in [0.25, 0.3) is 5.91 Å². The van der Waals surface area contributed by atoms with Gasteiger partial charge >= 0.3 is 0 Å². The van der Waals surface area contributed by atoms with E-state index in [1.54, 1.807) is 31.2 Å². The molecular weight excluding hydrogens is 457 g/mol. The second-order valence-electron chi connectivity index (χ2n) is 7.49. The van der Waals surface area contributed by atoms with Gasteiger partial charge in [0.1, 0.15) is 22.8 Å². The summed E-state index contributed by atoms with van der Waals surface area (Å²) < 4.78 is 46.5. The molecule has 32 heavy (non-hydrogen) atoms. The number of halogens is 2. The van der Waals surface area contributed by atoms with E-state index >= 15 is 0 Å². The molecule has 1 saturated heterocycles.